The molecule has 10 nitrogen and oxygen atoms in total. The summed E-state index contributed by atoms with van der Waals surface area (Å²) in [6.45, 7) is 0. The molecule has 0 aliphatic carbocycles. The van der Waals surface area contributed by atoms with Gasteiger partial charge < -0.3 is 36.7 Å². The Morgan fingerprint density at radius 2 is 0.757 bits per heavy atom. The quantitative estimate of drug-likeness (QED) is 0.116. The summed E-state index contributed by atoms with van der Waals surface area (Å²) in [5.41, 5.74) is 14.3. The third kappa shape index (κ3) is 9.84. The van der Waals surface area contributed by atoms with Gasteiger partial charge in [0.2, 0.25) is 0 Å². The van der Waals surface area contributed by atoms with Crippen LogP contribution in [-0.2, 0) is 44.7 Å². The van der Waals surface area contributed by atoms with Crippen LogP contribution in [0, 0.1) is 0 Å². The molecule has 0 radical (unpaired) electrons. The molecule has 0 atom stereocenters. The van der Waals surface area contributed by atoms with Crippen molar-refractivity contribution in [2.24, 2.45) is 31.9 Å². The fourth-order valence-electron chi connectivity index (χ4n) is 2.68. The van der Waals surface area contributed by atoms with E-state index in [0.717, 1.165) is 0 Å². The van der Waals surface area contributed by atoms with Crippen LogP contribution in [0.5, 0.6) is 0 Å². The van der Waals surface area contributed by atoms with Gasteiger partial charge in [0.05, 0.1) is 22.8 Å². The zero-order valence-electron chi connectivity index (χ0n) is 19.5. The van der Waals surface area contributed by atoms with Gasteiger partial charge in [-0.05, 0) is 58.9 Å². The average molecular weight is 578 g/mol. The SMILES string of the molecule is N/C([S-])=N/N=C(c1ccccn1)c1ccccn1.N/C([S-])=N\N=C(c1ccccn1)c1ccccn1.[Zn+2]. The summed E-state index contributed by atoms with van der Waals surface area (Å²) in [7, 11) is 0. The van der Waals surface area contributed by atoms with Crippen molar-refractivity contribution in [1.29, 1.82) is 0 Å². The third-order valence-electron chi connectivity index (χ3n) is 4.13. The van der Waals surface area contributed by atoms with E-state index >= 15 is 0 Å². The summed E-state index contributed by atoms with van der Waals surface area (Å²) in [6.07, 6.45) is 6.70. The first-order valence-corrected chi connectivity index (χ1v) is 11.2. The zero-order chi connectivity index (χ0) is 25.6. The van der Waals surface area contributed by atoms with Crippen molar-refractivity contribution in [3.63, 3.8) is 0 Å². The van der Waals surface area contributed by atoms with Crippen LogP contribution < -0.4 is 11.5 Å². The standard InChI is InChI=1S/2C12H11N5S.Zn/c2*13-12(18)17-16-11(9-5-1-3-7-14-9)10-6-2-4-8-15-10;/h2*1-8H,(H3,13,17,18);/q;;+2/p-2. The molecule has 0 spiro atoms. The van der Waals surface area contributed by atoms with Crippen LogP contribution >= 0.6 is 0 Å². The summed E-state index contributed by atoms with van der Waals surface area (Å²) >= 11 is 9.35. The van der Waals surface area contributed by atoms with Crippen LogP contribution in [0.1, 0.15) is 22.8 Å². The maximum atomic E-state index is 5.31. The Balaban J connectivity index is 0.000000253. The Kier molecular flexibility index (Phi) is 12.5. The molecule has 0 unspecified atom stereocenters. The number of amidine groups is 2. The second-order valence-electron chi connectivity index (χ2n) is 6.63. The topological polar surface area (TPSA) is 153 Å². The van der Waals surface area contributed by atoms with Gasteiger partial charge in [-0.25, -0.2) is 0 Å². The first-order valence-electron chi connectivity index (χ1n) is 10.4. The van der Waals surface area contributed by atoms with E-state index in [1.54, 1.807) is 24.8 Å². The molecule has 0 bridgehead atoms. The largest absolute Gasteiger partial charge is 2.00 e. The maximum Gasteiger partial charge on any atom is 2.00 e. The molecule has 13 heteroatoms. The molecule has 37 heavy (non-hydrogen) atoms. The molecule has 4 heterocycles. The van der Waals surface area contributed by atoms with Gasteiger partial charge in [0.15, 0.2) is 0 Å². The molecule has 180 valence electrons. The Bertz CT molecular complexity index is 1150. The van der Waals surface area contributed by atoms with E-state index in [1.165, 1.54) is 0 Å². The van der Waals surface area contributed by atoms with Gasteiger partial charge in [0.25, 0.3) is 0 Å². The number of rotatable bonds is 6. The van der Waals surface area contributed by atoms with Gasteiger partial charge in [-0.15, -0.1) is 10.2 Å². The van der Waals surface area contributed by atoms with Crippen molar-refractivity contribution in [3.05, 3.63) is 120 Å². The van der Waals surface area contributed by atoms with Crippen LogP contribution in [0.25, 0.3) is 0 Å². The van der Waals surface area contributed by atoms with Crippen LogP contribution in [0.3, 0.4) is 0 Å². The van der Waals surface area contributed by atoms with E-state index in [0.29, 0.717) is 34.2 Å². The molecule has 4 aromatic heterocycles. The summed E-state index contributed by atoms with van der Waals surface area (Å²) < 4.78 is 0. The van der Waals surface area contributed by atoms with Gasteiger partial charge in [-0.3, -0.25) is 19.9 Å². The predicted octanol–water partition coefficient (Wildman–Crippen LogP) is 2.18. The molecule has 4 aromatic rings. The normalized spacial score (nSPS) is 10.7. The summed E-state index contributed by atoms with van der Waals surface area (Å²) in [4.78, 5) is 16.9. The molecule has 0 saturated carbocycles. The third-order valence-corrected chi connectivity index (χ3v) is 4.29. The predicted molar refractivity (Wildman–Crippen MR) is 146 cm³/mol. The molecule has 0 saturated heterocycles. The minimum Gasteiger partial charge on any atom is -0.741 e. The zero-order valence-corrected chi connectivity index (χ0v) is 24.1. The minimum absolute atomic E-state index is 0. The van der Waals surface area contributed by atoms with Crippen LogP contribution in [-0.4, -0.2) is 41.7 Å². The van der Waals surface area contributed by atoms with Crippen molar-refractivity contribution >= 4 is 47.0 Å². The molecule has 4 N–H and O–H groups in total. The van der Waals surface area contributed by atoms with E-state index in [4.69, 9.17) is 11.5 Å². The minimum atomic E-state index is -0.0284. The van der Waals surface area contributed by atoms with Crippen molar-refractivity contribution in [1.82, 2.24) is 19.9 Å². The summed E-state index contributed by atoms with van der Waals surface area (Å²) in [5, 5.41) is 15.4. The molecule has 0 aromatic carbocycles. The van der Waals surface area contributed by atoms with Gasteiger partial charge in [-0.2, -0.15) is 10.2 Å². The van der Waals surface area contributed by atoms with Gasteiger partial charge in [0.1, 0.15) is 11.4 Å². The van der Waals surface area contributed by atoms with E-state index in [1.807, 2.05) is 72.8 Å². The van der Waals surface area contributed by atoms with Crippen molar-refractivity contribution in [2.75, 3.05) is 0 Å². The number of hydrogen-bond acceptors (Lipinski definition) is 10. The summed E-state index contributed by atoms with van der Waals surface area (Å²) in [5.74, 6) is 0. The first-order chi connectivity index (χ1) is 17.5. The summed E-state index contributed by atoms with van der Waals surface area (Å²) in [6, 6.07) is 22.0. The number of nitrogens with two attached hydrogens (primary N) is 2. The second kappa shape index (κ2) is 15.8. The van der Waals surface area contributed by atoms with Gasteiger partial charge in [-0.1, -0.05) is 24.3 Å². The number of nitrogens with zero attached hydrogens (tertiary/aromatic N) is 8. The van der Waals surface area contributed by atoms with E-state index in [2.05, 4.69) is 65.6 Å². The van der Waals surface area contributed by atoms with Crippen molar-refractivity contribution < 1.29 is 19.5 Å². The molecular formula is C24H20N10S2Zn. The molecule has 0 aliphatic heterocycles. The Hall–Kier alpha value is -4.06. The van der Waals surface area contributed by atoms with Crippen LogP contribution in [0.15, 0.2) is 118 Å². The van der Waals surface area contributed by atoms with Gasteiger partial charge >= 0.3 is 19.5 Å². The molecule has 4 rings (SSSR count). The Morgan fingerprint density at radius 1 is 0.486 bits per heavy atom. The molecule has 0 amide bonds. The van der Waals surface area contributed by atoms with Crippen LogP contribution in [0.2, 0.25) is 0 Å². The Labute approximate surface area is 237 Å². The van der Waals surface area contributed by atoms with E-state index in [9.17, 15) is 0 Å². The first kappa shape index (κ1) is 29.2. The molecule has 0 aliphatic rings. The maximum absolute atomic E-state index is 5.31. The Morgan fingerprint density at radius 3 is 0.946 bits per heavy atom. The van der Waals surface area contributed by atoms with Gasteiger partial charge in [0, 0.05) is 24.8 Å². The van der Waals surface area contributed by atoms with Crippen molar-refractivity contribution in [3.8, 4) is 0 Å². The van der Waals surface area contributed by atoms with Crippen molar-refractivity contribution in [2.45, 2.75) is 0 Å². The number of pyridine rings is 4. The average Bonchev–Trinajstić information content (AvgIpc) is 2.91. The second-order valence-corrected chi connectivity index (χ2v) is 7.47. The monoisotopic (exact) mass is 576 g/mol. The number of hydrogen-bond donors (Lipinski definition) is 2. The molecule has 0 fully saturated rings. The smallest absolute Gasteiger partial charge is 0.741 e. The fraction of sp³-hybridized carbons (Fsp3) is 0. The van der Waals surface area contributed by atoms with E-state index in [-0.39, 0.29) is 29.8 Å². The molecular weight excluding hydrogens is 558 g/mol. The van der Waals surface area contributed by atoms with Crippen LogP contribution in [0.4, 0.5) is 0 Å². The number of aromatic nitrogens is 4. The van der Waals surface area contributed by atoms with E-state index < -0.39 is 0 Å². The fourth-order valence-corrected chi connectivity index (χ4v) is 2.76.